The predicted octanol–water partition coefficient (Wildman–Crippen LogP) is 24.8. The van der Waals surface area contributed by atoms with Crippen LogP contribution in [0.2, 0.25) is 0 Å². The van der Waals surface area contributed by atoms with Crippen LogP contribution in [0.5, 0.6) is 0 Å². The second-order valence-electron chi connectivity index (χ2n) is 26.0. The molecule has 0 atom stereocenters. The summed E-state index contributed by atoms with van der Waals surface area (Å²) in [6.07, 6.45) is 0. The van der Waals surface area contributed by atoms with Crippen LogP contribution in [0.25, 0.3) is 54.9 Å². The number of hydrogen-bond acceptors (Lipinski definition) is 4. The van der Waals surface area contributed by atoms with Gasteiger partial charge < -0.3 is 19.6 Å². The SMILES string of the molecule is Cc1ccc(N2c3ccc(-c4ccccc4)cc3C(C)(C)c3cc(N(c4ccc(-c5ccc(N(c6ccc7c(c6)C(C)(C)c6cc(-c8ccccc8)ccc6N7c6ccc(C)cc6)c6ccc7ccccc7c6)cc5)cc4)c4ccc5ccccc5c4)ccc32)cc1. The minimum absolute atomic E-state index is 0.347. The molecule has 16 rings (SSSR count). The molecule has 0 radical (unpaired) electrons. The highest BCUT2D eigenvalue weighted by molar-refractivity contribution is 5.95. The lowest BCUT2D eigenvalue weighted by Gasteiger charge is -2.43. The molecular weight excluding hydrogens is 1110 g/mol. The van der Waals surface area contributed by atoms with E-state index in [0.29, 0.717) is 0 Å². The van der Waals surface area contributed by atoms with Crippen LogP contribution >= 0.6 is 0 Å². The third kappa shape index (κ3) is 9.78. The number of nitrogens with zero attached hydrogens (tertiary/aromatic N) is 4. The molecule has 92 heavy (non-hydrogen) atoms. The fraction of sp³-hybridized carbons (Fsp3) is 0.0909. The summed E-state index contributed by atoms with van der Waals surface area (Å²) >= 11 is 0. The summed E-state index contributed by atoms with van der Waals surface area (Å²) in [7, 11) is 0. The summed E-state index contributed by atoms with van der Waals surface area (Å²) in [5.41, 5.74) is 27.6. The van der Waals surface area contributed by atoms with Crippen molar-refractivity contribution in [1.82, 2.24) is 0 Å². The summed E-state index contributed by atoms with van der Waals surface area (Å²) in [4.78, 5) is 9.79. The summed E-state index contributed by atoms with van der Waals surface area (Å²) < 4.78 is 0. The molecule has 0 spiro atoms. The highest BCUT2D eigenvalue weighted by Gasteiger charge is 2.40. The van der Waals surface area contributed by atoms with Gasteiger partial charge in [-0.2, -0.15) is 0 Å². The largest absolute Gasteiger partial charge is 0.310 e. The normalized spacial score (nSPS) is 13.5. The maximum absolute atomic E-state index is 2.46. The molecule has 4 nitrogen and oxygen atoms in total. The Balaban J connectivity index is 0.784. The fourth-order valence-corrected chi connectivity index (χ4v) is 14.4. The van der Waals surface area contributed by atoms with E-state index < -0.39 is 0 Å². The quantitative estimate of drug-likeness (QED) is 0.128. The first-order valence-electron chi connectivity index (χ1n) is 32.1. The molecule has 442 valence electrons. The van der Waals surface area contributed by atoms with Gasteiger partial charge in [-0.05, 0) is 224 Å². The van der Waals surface area contributed by atoms with E-state index in [1.54, 1.807) is 0 Å². The van der Waals surface area contributed by atoms with Crippen LogP contribution in [0.4, 0.5) is 68.2 Å². The highest BCUT2D eigenvalue weighted by atomic mass is 15.2. The lowest BCUT2D eigenvalue weighted by molar-refractivity contribution is 0.632. The van der Waals surface area contributed by atoms with Gasteiger partial charge in [0.1, 0.15) is 0 Å². The number of aryl methyl sites for hydroxylation is 2. The van der Waals surface area contributed by atoms with Crippen molar-refractivity contribution in [2.75, 3.05) is 19.6 Å². The molecule has 14 aromatic rings. The third-order valence-electron chi connectivity index (χ3n) is 19.5. The zero-order chi connectivity index (χ0) is 62.2. The van der Waals surface area contributed by atoms with Gasteiger partial charge in [-0.25, -0.2) is 0 Å². The van der Waals surface area contributed by atoms with Crippen LogP contribution in [0, 0.1) is 13.8 Å². The molecule has 2 heterocycles. The Morgan fingerprint density at radius 1 is 0.228 bits per heavy atom. The van der Waals surface area contributed by atoms with E-state index in [4.69, 9.17) is 0 Å². The first kappa shape index (κ1) is 56.1. The van der Waals surface area contributed by atoms with Crippen LogP contribution in [0.3, 0.4) is 0 Å². The van der Waals surface area contributed by atoms with Crippen molar-refractivity contribution in [1.29, 1.82) is 0 Å². The lowest BCUT2D eigenvalue weighted by Crippen LogP contribution is -2.31. The van der Waals surface area contributed by atoms with E-state index >= 15 is 0 Å². The second kappa shape index (κ2) is 22.4. The Labute approximate surface area is 540 Å². The van der Waals surface area contributed by atoms with Gasteiger partial charge in [0, 0.05) is 56.3 Å². The van der Waals surface area contributed by atoms with Gasteiger partial charge >= 0.3 is 0 Å². The molecular formula is C88H70N4. The van der Waals surface area contributed by atoms with Crippen LogP contribution < -0.4 is 19.6 Å². The number of rotatable bonds is 11. The van der Waals surface area contributed by atoms with Crippen molar-refractivity contribution in [2.24, 2.45) is 0 Å². The fourth-order valence-electron chi connectivity index (χ4n) is 14.4. The van der Waals surface area contributed by atoms with Crippen LogP contribution in [0.1, 0.15) is 61.1 Å². The first-order valence-corrected chi connectivity index (χ1v) is 32.1. The second-order valence-corrected chi connectivity index (χ2v) is 26.0. The monoisotopic (exact) mass is 1180 g/mol. The minimum Gasteiger partial charge on any atom is -0.310 e. The molecule has 14 aromatic carbocycles. The first-order chi connectivity index (χ1) is 44.9. The molecule has 0 unspecified atom stereocenters. The Kier molecular flexibility index (Phi) is 13.6. The Morgan fingerprint density at radius 3 is 0.891 bits per heavy atom. The molecule has 0 N–H and O–H groups in total. The Bertz CT molecular complexity index is 4780. The number of fused-ring (bicyclic) bond motifs is 6. The third-order valence-corrected chi connectivity index (χ3v) is 19.5. The van der Waals surface area contributed by atoms with E-state index in [1.807, 2.05) is 0 Å². The maximum atomic E-state index is 2.46. The van der Waals surface area contributed by atoms with E-state index in [0.717, 1.165) is 56.6 Å². The zero-order valence-corrected chi connectivity index (χ0v) is 52.8. The topological polar surface area (TPSA) is 13.0 Å². The molecule has 0 aliphatic carbocycles. The summed E-state index contributed by atoms with van der Waals surface area (Å²) in [6.45, 7) is 13.9. The standard InChI is InChI=1S/C88H70N4/c1-59-25-37-73(38-26-59)91-83-49-35-69(61-17-9-7-10-18-61)55-79(83)87(3,4)81-57-77(47-51-85(81)91)89(75-45-33-63-21-13-15-23-67(63)53-75)71-41-29-65(30-42-71)66-31-43-72(44-32-66)90(76-46-34-64-22-14-16-24-68(64)54-76)78-48-52-86-82(58-78)88(5,6)80-56-70(62-19-11-8-12-20-62)36-50-84(80)92(86)74-39-27-60(2)28-40-74/h7-58H,1-6H3. The highest BCUT2D eigenvalue weighted by Crippen LogP contribution is 2.57. The van der Waals surface area contributed by atoms with Crippen molar-refractivity contribution in [3.8, 4) is 33.4 Å². The maximum Gasteiger partial charge on any atom is 0.0504 e. The zero-order valence-electron chi connectivity index (χ0n) is 52.8. The van der Waals surface area contributed by atoms with Gasteiger partial charge in [0.25, 0.3) is 0 Å². The number of anilines is 12. The van der Waals surface area contributed by atoms with Crippen LogP contribution in [-0.4, -0.2) is 0 Å². The summed E-state index contributed by atoms with van der Waals surface area (Å²) in [5, 5.41) is 4.82. The van der Waals surface area contributed by atoms with Crippen molar-refractivity contribution < 1.29 is 0 Å². The summed E-state index contributed by atoms with van der Waals surface area (Å²) in [5.74, 6) is 0. The van der Waals surface area contributed by atoms with Gasteiger partial charge in [0.05, 0.1) is 22.7 Å². The van der Waals surface area contributed by atoms with E-state index in [2.05, 4.69) is 377 Å². The van der Waals surface area contributed by atoms with Gasteiger partial charge in [0.2, 0.25) is 0 Å². The average molecular weight is 1180 g/mol. The number of benzene rings is 14. The van der Waals surface area contributed by atoms with Gasteiger partial charge in [-0.3, -0.25) is 0 Å². The molecule has 0 saturated carbocycles. The lowest BCUT2D eigenvalue weighted by atomic mass is 9.72. The molecule has 2 aliphatic heterocycles. The molecule has 4 heteroatoms. The Hall–Kier alpha value is -11.2. The molecule has 0 fully saturated rings. The van der Waals surface area contributed by atoms with E-state index in [9.17, 15) is 0 Å². The van der Waals surface area contributed by atoms with Gasteiger partial charge in [-0.15, -0.1) is 0 Å². The smallest absolute Gasteiger partial charge is 0.0504 e. The molecule has 0 saturated heterocycles. The van der Waals surface area contributed by atoms with Gasteiger partial charge in [0.15, 0.2) is 0 Å². The van der Waals surface area contributed by atoms with Crippen molar-refractivity contribution >= 4 is 89.8 Å². The van der Waals surface area contributed by atoms with E-state index in [1.165, 1.54) is 99.9 Å². The molecule has 0 bridgehead atoms. The minimum atomic E-state index is -0.347. The number of hydrogen-bond donors (Lipinski definition) is 0. The Morgan fingerprint density at radius 2 is 0.511 bits per heavy atom. The van der Waals surface area contributed by atoms with Crippen molar-refractivity contribution in [3.63, 3.8) is 0 Å². The summed E-state index contributed by atoms with van der Waals surface area (Å²) in [6, 6.07) is 117. The predicted molar refractivity (Wildman–Crippen MR) is 390 cm³/mol. The average Bonchev–Trinajstić information content (AvgIpc) is 0.728. The van der Waals surface area contributed by atoms with Crippen molar-refractivity contribution in [3.05, 3.63) is 349 Å². The van der Waals surface area contributed by atoms with Gasteiger partial charge in [-0.1, -0.05) is 221 Å². The van der Waals surface area contributed by atoms with E-state index in [-0.39, 0.29) is 10.8 Å². The molecule has 0 amide bonds. The molecule has 0 aromatic heterocycles. The van der Waals surface area contributed by atoms with Crippen LogP contribution in [0.15, 0.2) is 315 Å². The van der Waals surface area contributed by atoms with Crippen molar-refractivity contribution in [2.45, 2.75) is 52.4 Å². The van der Waals surface area contributed by atoms with Crippen LogP contribution in [-0.2, 0) is 10.8 Å². The molecule has 2 aliphatic rings.